The summed E-state index contributed by atoms with van der Waals surface area (Å²) in [5.74, 6) is 0.794. The van der Waals surface area contributed by atoms with Gasteiger partial charge in [-0.2, -0.15) is 0 Å². The molecule has 3 atom stereocenters. The first kappa shape index (κ1) is 13.1. The fraction of sp³-hybridized carbons (Fsp3) is 0.867. The van der Waals surface area contributed by atoms with Crippen molar-refractivity contribution < 1.29 is 10.2 Å². The average Bonchev–Trinajstić information content (AvgIpc) is 2.26. The van der Waals surface area contributed by atoms with E-state index in [0.717, 1.165) is 12.0 Å². The van der Waals surface area contributed by atoms with Gasteiger partial charge in [0.1, 0.15) is 0 Å². The first-order valence-corrected chi connectivity index (χ1v) is 6.86. The maximum Gasteiger partial charge on any atom is 0.0645 e. The van der Waals surface area contributed by atoms with Crippen LogP contribution in [0.1, 0.15) is 46.5 Å². The molecule has 0 aliphatic heterocycles. The fourth-order valence-corrected chi connectivity index (χ4v) is 4.51. The van der Waals surface area contributed by atoms with Crippen LogP contribution in [-0.4, -0.2) is 23.4 Å². The molecule has 98 valence electrons. The summed E-state index contributed by atoms with van der Waals surface area (Å²) in [6, 6.07) is 0. The Hall–Kier alpha value is -0.340. The van der Waals surface area contributed by atoms with Crippen LogP contribution in [0, 0.1) is 22.7 Å². The van der Waals surface area contributed by atoms with Gasteiger partial charge >= 0.3 is 0 Å². The van der Waals surface area contributed by atoms with Crippen molar-refractivity contribution in [3.05, 3.63) is 11.6 Å². The Morgan fingerprint density at radius 3 is 2.53 bits per heavy atom. The first-order valence-electron chi connectivity index (χ1n) is 6.86. The van der Waals surface area contributed by atoms with Crippen LogP contribution >= 0.6 is 0 Å². The van der Waals surface area contributed by atoms with E-state index in [-0.39, 0.29) is 24.5 Å². The van der Waals surface area contributed by atoms with E-state index in [2.05, 4.69) is 26.8 Å². The zero-order valence-corrected chi connectivity index (χ0v) is 11.4. The molecule has 2 rings (SSSR count). The lowest BCUT2D eigenvalue weighted by molar-refractivity contribution is -0.0539. The lowest BCUT2D eigenvalue weighted by Crippen LogP contribution is -2.50. The van der Waals surface area contributed by atoms with Gasteiger partial charge in [-0.25, -0.2) is 0 Å². The number of allylic oxidation sites excluding steroid dienone is 1. The van der Waals surface area contributed by atoms with Crippen molar-refractivity contribution in [2.45, 2.75) is 46.5 Å². The van der Waals surface area contributed by atoms with E-state index in [1.807, 2.05) is 0 Å². The maximum atomic E-state index is 9.71. The molecular formula is C15H26O2. The lowest BCUT2D eigenvalue weighted by atomic mass is 9.49. The Morgan fingerprint density at radius 1 is 1.24 bits per heavy atom. The van der Waals surface area contributed by atoms with E-state index in [0.29, 0.717) is 11.3 Å². The molecule has 0 heterocycles. The Labute approximate surface area is 105 Å². The molecule has 17 heavy (non-hydrogen) atoms. The summed E-state index contributed by atoms with van der Waals surface area (Å²) >= 11 is 0. The number of aliphatic hydroxyl groups excluding tert-OH is 2. The van der Waals surface area contributed by atoms with E-state index in [4.69, 9.17) is 0 Å². The summed E-state index contributed by atoms with van der Waals surface area (Å²) in [5.41, 5.74) is 1.59. The van der Waals surface area contributed by atoms with Gasteiger partial charge in [-0.1, -0.05) is 33.3 Å². The average molecular weight is 238 g/mol. The molecule has 0 amide bonds. The third-order valence-electron chi connectivity index (χ3n) is 5.50. The van der Waals surface area contributed by atoms with Crippen LogP contribution in [0.25, 0.3) is 0 Å². The molecule has 2 aliphatic carbocycles. The standard InChI is InChI=1S/C15H26O2/c1-14(2)7-4-8-15(3)12(10-17)11(9-16)5-6-13(14)15/h5,12-13,16-17H,4,6-10H2,1-3H3/t12-,13?,15+/m0/s1. The van der Waals surface area contributed by atoms with Gasteiger partial charge < -0.3 is 10.2 Å². The van der Waals surface area contributed by atoms with Crippen molar-refractivity contribution in [2.75, 3.05) is 13.2 Å². The van der Waals surface area contributed by atoms with Crippen LogP contribution in [-0.2, 0) is 0 Å². The third kappa shape index (κ3) is 1.96. The van der Waals surface area contributed by atoms with Gasteiger partial charge in [0.2, 0.25) is 0 Å². The molecule has 1 saturated carbocycles. The van der Waals surface area contributed by atoms with Crippen molar-refractivity contribution in [2.24, 2.45) is 22.7 Å². The van der Waals surface area contributed by atoms with Crippen molar-refractivity contribution in [3.63, 3.8) is 0 Å². The smallest absolute Gasteiger partial charge is 0.0645 e. The summed E-state index contributed by atoms with van der Waals surface area (Å²) in [4.78, 5) is 0. The Bertz CT molecular complexity index is 319. The van der Waals surface area contributed by atoms with E-state index >= 15 is 0 Å². The molecular weight excluding hydrogens is 212 g/mol. The van der Waals surface area contributed by atoms with E-state index in [9.17, 15) is 10.2 Å². The predicted molar refractivity (Wildman–Crippen MR) is 69.6 cm³/mol. The number of hydrogen-bond acceptors (Lipinski definition) is 2. The molecule has 2 aliphatic rings. The van der Waals surface area contributed by atoms with Crippen LogP contribution < -0.4 is 0 Å². The van der Waals surface area contributed by atoms with Gasteiger partial charge in [-0.3, -0.25) is 0 Å². The minimum Gasteiger partial charge on any atom is -0.396 e. The Kier molecular flexibility index (Phi) is 3.39. The number of hydrogen-bond donors (Lipinski definition) is 2. The van der Waals surface area contributed by atoms with Gasteiger partial charge in [-0.15, -0.1) is 0 Å². The van der Waals surface area contributed by atoms with E-state index in [1.54, 1.807) is 0 Å². The minimum atomic E-state index is 0.105. The van der Waals surface area contributed by atoms with Crippen LogP contribution in [0.15, 0.2) is 11.6 Å². The molecule has 1 fully saturated rings. The number of fused-ring (bicyclic) bond motifs is 1. The van der Waals surface area contributed by atoms with Gasteiger partial charge in [0.15, 0.2) is 0 Å². The minimum absolute atomic E-state index is 0.105. The summed E-state index contributed by atoms with van der Waals surface area (Å²) in [6.07, 6.45) is 6.96. The van der Waals surface area contributed by atoms with Gasteiger partial charge in [-0.05, 0) is 41.6 Å². The highest BCUT2D eigenvalue weighted by Crippen LogP contribution is 2.59. The zero-order valence-electron chi connectivity index (χ0n) is 11.4. The number of rotatable bonds is 2. The second kappa shape index (κ2) is 4.40. The maximum absolute atomic E-state index is 9.71. The lowest BCUT2D eigenvalue weighted by Gasteiger charge is -2.56. The summed E-state index contributed by atoms with van der Waals surface area (Å²) in [7, 11) is 0. The topological polar surface area (TPSA) is 40.5 Å². The first-order chi connectivity index (χ1) is 7.95. The normalized spacial score (nSPS) is 40.6. The molecule has 2 nitrogen and oxygen atoms in total. The van der Waals surface area contributed by atoms with Crippen molar-refractivity contribution in [3.8, 4) is 0 Å². The molecule has 0 aromatic heterocycles. The summed E-state index contributed by atoms with van der Waals surface area (Å²) < 4.78 is 0. The predicted octanol–water partition coefficient (Wildman–Crippen LogP) is 2.75. The Morgan fingerprint density at radius 2 is 1.94 bits per heavy atom. The highest BCUT2D eigenvalue weighted by molar-refractivity contribution is 5.20. The quantitative estimate of drug-likeness (QED) is 0.726. The molecule has 0 spiro atoms. The van der Waals surface area contributed by atoms with Crippen LogP contribution in [0.3, 0.4) is 0 Å². The zero-order chi connectivity index (χ0) is 12.7. The molecule has 0 radical (unpaired) electrons. The van der Waals surface area contributed by atoms with Crippen LogP contribution in [0.4, 0.5) is 0 Å². The van der Waals surface area contributed by atoms with Gasteiger partial charge in [0, 0.05) is 5.92 Å². The third-order valence-corrected chi connectivity index (χ3v) is 5.50. The summed E-state index contributed by atoms with van der Waals surface area (Å²) in [6.45, 7) is 7.33. The Balaban J connectivity index is 2.38. The summed E-state index contributed by atoms with van der Waals surface area (Å²) in [5, 5.41) is 19.2. The van der Waals surface area contributed by atoms with Crippen LogP contribution in [0.5, 0.6) is 0 Å². The molecule has 0 bridgehead atoms. The molecule has 1 unspecified atom stereocenters. The van der Waals surface area contributed by atoms with Gasteiger partial charge in [0.25, 0.3) is 0 Å². The van der Waals surface area contributed by atoms with Gasteiger partial charge in [0.05, 0.1) is 13.2 Å². The van der Waals surface area contributed by atoms with E-state index in [1.165, 1.54) is 19.3 Å². The van der Waals surface area contributed by atoms with Crippen molar-refractivity contribution >= 4 is 0 Å². The SMILES string of the molecule is CC1(C)CCC[C@@]2(C)C1CC=C(CO)[C@@H]2CO. The monoisotopic (exact) mass is 238 g/mol. The van der Waals surface area contributed by atoms with Crippen molar-refractivity contribution in [1.82, 2.24) is 0 Å². The van der Waals surface area contributed by atoms with E-state index < -0.39 is 0 Å². The fourth-order valence-electron chi connectivity index (χ4n) is 4.51. The molecule has 0 aromatic carbocycles. The van der Waals surface area contributed by atoms with Crippen LogP contribution in [0.2, 0.25) is 0 Å². The second-order valence-corrected chi connectivity index (χ2v) is 6.81. The highest BCUT2D eigenvalue weighted by atomic mass is 16.3. The molecule has 0 aromatic rings. The highest BCUT2D eigenvalue weighted by Gasteiger charge is 2.51. The largest absolute Gasteiger partial charge is 0.396 e. The molecule has 2 N–H and O–H groups in total. The molecule has 0 saturated heterocycles. The number of aliphatic hydroxyl groups is 2. The second-order valence-electron chi connectivity index (χ2n) is 6.81. The van der Waals surface area contributed by atoms with Crippen molar-refractivity contribution in [1.29, 1.82) is 0 Å². The molecule has 2 heteroatoms.